The Morgan fingerprint density at radius 3 is 2.50 bits per heavy atom. The average Bonchev–Trinajstić information content (AvgIpc) is 2.90. The number of halogens is 1. The number of hydrogen-bond acceptors (Lipinski definition) is 6. The summed E-state index contributed by atoms with van der Waals surface area (Å²) < 4.78 is 13.9. The van der Waals surface area contributed by atoms with Crippen molar-refractivity contribution >= 4 is 17.5 Å². The van der Waals surface area contributed by atoms with Crippen LogP contribution in [0.4, 0.5) is 10.1 Å². The molecule has 0 aliphatic carbocycles. The van der Waals surface area contributed by atoms with E-state index in [1.165, 1.54) is 12.4 Å². The summed E-state index contributed by atoms with van der Waals surface area (Å²) in [6.45, 7) is 5.90. The number of nitrogens with zero attached hydrogens (tertiary/aromatic N) is 4. The van der Waals surface area contributed by atoms with Crippen LogP contribution >= 0.6 is 0 Å². The Labute approximate surface area is 222 Å². The van der Waals surface area contributed by atoms with Gasteiger partial charge in [0.25, 0.3) is 5.91 Å². The van der Waals surface area contributed by atoms with E-state index in [1.807, 2.05) is 25.1 Å². The number of piperazine rings is 1. The Morgan fingerprint density at radius 2 is 1.82 bits per heavy atom. The van der Waals surface area contributed by atoms with Gasteiger partial charge in [-0.2, -0.15) is 0 Å². The molecule has 196 valence electrons. The Bertz CT molecular complexity index is 1370. The number of primary amides is 1. The highest BCUT2D eigenvalue weighted by Crippen LogP contribution is 2.21. The third kappa shape index (κ3) is 7.22. The standard InChI is InChI=1S/C29H31FN6O2/c1-20-3-4-22(13-21(20)5-8-26-17-33-27(18-32-26)15-28(31)37)29(38)34-25-7-6-23(24(14-25)16-30)19-36-11-9-35(2)10-12-36/h3-4,6-7,13-14,17-18H,9-12,15-16,19H2,1-2H3,(H2,31,37)(H,34,38). The highest BCUT2D eigenvalue weighted by molar-refractivity contribution is 6.04. The molecule has 38 heavy (non-hydrogen) atoms. The second-order valence-electron chi connectivity index (χ2n) is 9.47. The third-order valence-corrected chi connectivity index (χ3v) is 6.48. The normalized spacial score (nSPS) is 14.0. The van der Waals surface area contributed by atoms with Crippen molar-refractivity contribution in [3.63, 3.8) is 0 Å². The summed E-state index contributed by atoms with van der Waals surface area (Å²) >= 11 is 0. The summed E-state index contributed by atoms with van der Waals surface area (Å²) in [5.74, 6) is 5.18. The van der Waals surface area contributed by atoms with Gasteiger partial charge < -0.3 is 16.0 Å². The van der Waals surface area contributed by atoms with Crippen LogP contribution in [0.2, 0.25) is 0 Å². The van der Waals surface area contributed by atoms with Crippen molar-refractivity contribution < 1.29 is 14.0 Å². The zero-order valence-electron chi connectivity index (χ0n) is 21.6. The van der Waals surface area contributed by atoms with Gasteiger partial charge in [0.1, 0.15) is 12.4 Å². The minimum Gasteiger partial charge on any atom is -0.369 e. The van der Waals surface area contributed by atoms with E-state index in [1.54, 1.807) is 18.2 Å². The largest absolute Gasteiger partial charge is 0.369 e. The first-order valence-electron chi connectivity index (χ1n) is 12.4. The second-order valence-corrected chi connectivity index (χ2v) is 9.47. The maximum absolute atomic E-state index is 13.9. The molecule has 2 aromatic carbocycles. The smallest absolute Gasteiger partial charge is 0.255 e. The van der Waals surface area contributed by atoms with Crippen molar-refractivity contribution in [2.75, 3.05) is 38.5 Å². The van der Waals surface area contributed by atoms with Crippen LogP contribution in [0.1, 0.15) is 44.0 Å². The van der Waals surface area contributed by atoms with E-state index in [0.29, 0.717) is 40.3 Å². The predicted octanol–water partition coefficient (Wildman–Crippen LogP) is 2.68. The number of benzene rings is 2. The number of nitrogens with one attached hydrogen (secondary N) is 1. The van der Waals surface area contributed by atoms with Gasteiger partial charge in [-0.1, -0.05) is 18.1 Å². The van der Waals surface area contributed by atoms with Crippen molar-refractivity contribution in [1.82, 2.24) is 19.8 Å². The molecule has 1 fully saturated rings. The number of rotatable bonds is 7. The van der Waals surface area contributed by atoms with Crippen LogP contribution in [-0.2, 0) is 24.4 Å². The topological polar surface area (TPSA) is 104 Å². The number of amides is 2. The van der Waals surface area contributed by atoms with Crippen LogP contribution in [0.3, 0.4) is 0 Å². The highest BCUT2D eigenvalue weighted by atomic mass is 19.1. The van der Waals surface area contributed by atoms with Gasteiger partial charge in [0.15, 0.2) is 0 Å². The first-order valence-corrected chi connectivity index (χ1v) is 12.4. The fourth-order valence-electron chi connectivity index (χ4n) is 4.15. The van der Waals surface area contributed by atoms with Crippen LogP contribution in [-0.4, -0.2) is 64.8 Å². The minimum absolute atomic E-state index is 0.0166. The number of aryl methyl sites for hydroxylation is 1. The molecule has 1 aliphatic heterocycles. The maximum atomic E-state index is 13.9. The average molecular weight is 515 g/mol. The molecule has 2 heterocycles. The number of nitrogens with two attached hydrogens (primary N) is 1. The number of anilines is 1. The Balaban J connectivity index is 1.44. The summed E-state index contributed by atoms with van der Waals surface area (Å²) in [6.07, 6.45) is 2.96. The molecule has 0 atom stereocenters. The van der Waals surface area contributed by atoms with Crippen molar-refractivity contribution in [3.05, 3.63) is 88.0 Å². The maximum Gasteiger partial charge on any atom is 0.255 e. The molecule has 3 aromatic rings. The van der Waals surface area contributed by atoms with Gasteiger partial charge in [-0.3, -0.25) is 19.5 Å². The van der Waals surface area contributed by atoms with Crippen LogP contribution in [0.25, 0.3) is 0 Å². The SMILES string of the molecule is Cc1ccc(C(=O)Nc2ccc(CN3CCN(C)CC3)c(CF)c2)cc1C#Cc1cnc(CC(N)=O)cn1. The van der Waals surface area contributed by atoms with E-state index in [0.717, 1.165) is 37.3 Å². The molecule has 4 rings (SSSR count). The monoisotopic (exact) mass is 514 g/mol. The molecule has 3 N–H and O–H groups in total. The van der Waals surface area contributed by atoms with E-state index in [9.17, 15) is 14.0 Å². The molecule has 8 nitrogen and oxygen atoms in total. The van der Waals surface area contributed by atoms with Gasteiger partial charge in [-0.15, -0.1) is 0 Å². The Kier molecular flexibility index (Phi) is 8.79. The summed E-state index contributed by atoms with van der Waals surface area (Å²) in [4.78, 5) is 36.9. The molecule has 0 spiro atoms. The lowest BCUT2D eigenvalue weighted by Crippen LogP contribution is -2.44. The molecule has 1 aromatic heterocycles. The summed E-state index contributed by atoms with van der Waals surface area (Å²) in [5.41, 5.74) is 10.2. The number of carbonyl (C=O) groups is 2. The molecule has 1 aliphatic rings. The van der Waals surface area contributed by atoms with Crippen LogP contribution in [0, 0.1) is 18.8 Å². The highest BCUT2D eigenvalue weighted by Gasteiger charge is 2.16. The molecular formula is C29H31FN6O2. The van der Waals surface area contributed by atoms with Crippen molar-refractivity contribution in [1.29, 1.82) is 0 Å². The van der Waals surface area contributed by atoms with Gasteiger partial charge in [-0.05, 0) is 60.8 Å². The quantitative estimate of drug-likeness (QED) is 0.470. The molecule has 1 saturated heterocycles. The van der Waals surface area contributed by atoms with E-state index in [-0.39, 0.29) is 12.3 Å². The molecule has 0 saturated carbocycles. The lowest BCUT2D eigenvalue weighted by molar-refractivity contribution is -0.117. The number of aromatic nitrogens is 2. The van der Waals surface area contributed by atoms with Crippen LogP contribution in [0.5, 0.6) is 0 Å². The van der Waals surface area contributed by atoms with E-state index < -0.39 is 12.6 Å². The van der Waals surface area contributed by atoms with Gasteiger partial charge in [-0.25, -0.2) is 9.37 Å². The van der Waals surface area contributed by atoms with E-state index >= 15 is 0 Å². The van der Waals surface area contributed by atoms with E-state index in [4.69, 9.17) is 5.73 Å². The van der Waals surface area contributed by atoms with Gasteiger partial charge in [0.2, 0.25) is 5.91 Å². The second kappa shape index (κ2) is 12.4. The molecule has 0 unspecified atom stereocenters. The zero-order chi connectivity index (χ0) is 27.1. The van der Waals surface area contributed by atoms with Crippen LogP contribution in [0.15, 0.2) is 48.8 Å². The Morgan fingerprint density at radius 1 is 1.03 bits per heavy atom. The van der Waals surface area contributed by atoms with Crippen molar-refractivity contribution in [3.8, 4) is 11.8 Å². The fraction of sp³-hybridized carbons (Fsp3) is 0.310. The molecule has 0 radical (unpaired) electrons. The summed E-state index contributed by atoms with van der Waals surface area (Å²) in [7, 11) is 2.10. The Hall–Kier alpha value is -4.13. The number of likely N-dealkylation sites (N-methyl/N-ethyl adjacent to an activating group) is 1. The molecule has 2 amide bonds. The predicted molar refractivity (Wildman–Crippen MR) is 144 cm³/mol. The van der Waals surface area contributed by atoms with Crippen LogP contribution < -0.4 is 11.1 Å². The molecule has 9 heteroatoms. The first kappa shape index (κ1) is 26.9. The first-order chi connectivity index (χ1) is 18.3. The van der Waals surface area contributed by atoms with Crippen molar-refractivity contribution in [2.24, 2.45) is 5.73 Å². The molecular weight excluding hydrogens is 483 g/mol. The van der Waals surface area contributed by atoms with E-state index in [2.05, 4.69) is 44.0 Å². The number of carbonyl (C=O) groups excluding carboxylic acids is 2. The molecule has 0 bridgehead atoms. The fourth-order valence-corrected chi connectivity index (χ4v) is 4.15. The number of hydrogen-bond donors (Lipinski definition) is 2. The number of alkyl halides is 1. The van der Waals surface area contributed by atoms with Gasteiger partial charge in [0, 0.05) is 49.5 Å². The summed E-state index contributed by atoms with van der Waals surface area (Å²) in [5, 5.41) is 2.88. The van der Waals surface area contributed by atoms with Gasteiger partial charge >= 0.3 is 0 Å². The van der Waals surface area contributed by atoms with Crippen molar-refractivity contribution in [2.45, 2.75) is 26.6 Å². The summed E-state index contributed by atoms with van der Waals surface area (Å²) in [6, 6.07) is 10.7. The van der Waals surface area contributed by atoms with Gasteiger partial charge in [0.05, 0.1) is 24.5 Å². The lowest BCUT2D eigenvalue weighted by atomic mass is 10.0. The minimum atomic E-state index is -0.594. The zero-order valence-corrected chi connectivity index (χ0v) is 21.6. The lowest BCUT2D eigenvalue weighted by Gasteiger charge is -2.32. The third-order valence-electron chi connectivity index (χ3n) is 6.48.